The molecule has 0 aliphatic rings. The van der Waals surface area contributed by atoms with Gasteiger partial charge in [-0.15, -0.1) is 21.5 Å². The number of aromatic nitrogens is 5. The molecule has 0 aliphatic heterocycles. The molecule has 0 unspecified atom stereocenters. The maximum Gasteiger partial charge on any atom is 0.271 e. The van der Waals surface area contributed by atoms with Crippen molar-refractivity contribution in [2.45, 2.75) is 13.3 Å². The Bertz CT molecular complexity index is 1220. The number of hydrogen-bond acceptors (Lipinski definition) is 8. The zero-order valence-electron chi connectivity index (χ0n) is 17.9. The first kappa shape index (κ1) is 21.4. The van der Waals surface area contributed by atoms with Crippen molar-refractivity contribution in [3.63, 3.8) is 0 Å². The monoisotopic (exact) mass is 450 g/mol. The standard InChI is InChI=1S/C22H22N6O3S/c1-14-23-10-11-28(14)20-7-5-17(26-27-20)21(29)24-9-8-16-13-32-22(25-16)15-4-6-18(30-2)19(12-15)31-3/h4-7,10-13H,8-9H2,1-3H3,(H,24,29). The predicted molar refractivity (Wildman–Crippen MR) is 121 cm³/mol. The fraction of sp³-hybridized carbons (Fsp3) is 0.227. The highest BCUT2D eigenvalue weighted by Gasteiger charge is 2.12. The molecular formula is C22H22N6O3S. The second kappa shape index (κ2) is 9.56. The quantitative estimate of drug-likeness (QED) is 0.440. The van der Waals surface area contributed by atoms with Crippen LogP contribution in [0.25, 0.3) is 16.4 Å². The van der Waals surface area contributed by atoms with Gasteiger partial charge in [0.25, 0.3) is 5.91 Å². The molecular weight excluding hydrogens is 428 g/mol. The van der Waals surface area contributed by atoms with Crippen LogP contribution < -0.4 is 14.8 Å². The molecule has 4 aromatic rings. The molecule has 0 atom stereocenters. The maximum absolute atomic E-state index is 12.4. The number of carbonyl (C=O) groups is 1. The van der Waals surface area contributed by atoms with Crippen molar-refractivity contribution in [2.24, 2.45) is 0 Å². The molecule has 4 rings (SSSR count). The van der Waals surface area contributed by atoms with Crippen molar-refractivity contribution in [1.82, 2.24) is 30.0 Å². The van der Waals surface area contributed by atoms with E-state index in [9.17, 15) is 4.79 Å². The molecule has 0 spiro atoms. The van der Waals surface area contributed by atoms with Gasteiger partial charge in [-0.2, -0.15) is 0 Å². The van der Waals surface area contributed by atoms with Gasteiger partial charge >= 0.3 is 0 Å². The number of nitrogens with one attached hydrogen (secondary N) is 1. The van der Waals surface area contributed by atoms with Crippen molar-refractivity contribution in [1.29, 1.82) is 0 Å². The summed E-state index contributed by atoms with van der Waals surface area (Å²) in [4.78, 5) is 21.2. The second-order valence-corrected chi connectivity index (χ2v) is 7.70. The van der Waals surface area contributed by atoms with Crippen LogP contribution in [0, 0.1) is 6.92 Å². The van der Waals surface area contributed by atoms with Crippen molar-refractivity contribution in [3.05, 3.63) is 65.3 Å². The van der Waals surface area contributed by atoms with Gasteiger partial charge in [0.1, 0.15) is 10.8 Å². The number of aryl methyl sites for hydroxylation is 1. The van der Waals surface area contributed by atoms with Crippen LogP contribution in [0.1, 0.15) is 22.0 Å². The minimum absolute atomic E-state index is 0.260. The summed E-state index contributed by atoms with van der Waals surface area (Å²) in [6, 6.07) is 9.09. The van der Waals surface area contributed by atoms with Gasteiger partial charge < -0.3 is 14.8 Å². The van der Waals surface area contributed by atoms with E-state index in [1.165, 1.54) is 0 Å². The summed E-state index contributed by atoms with van der Waals surface area (Å²) < 4.78 is 12.4. The molecule has 0 fully saturated rings. The summed E-state index contributed by atoms with van der Waals surface area (Å²) >= 11 is 1.54. The molecule has 1 N–H and O–H groups in total. The van der Waals surface area contributed by atoms with Crippen molar-refractivity contribution in [2.75, 3.05) is 20.8 Å². The molecule has 0 saturated heterocycles. The first-order chi connectivity index (χ1) is 15.6. The predicted octanol–water partition coefficient (Wildman–Crippen LogP) is 3.08. The molecule has 10 heteroatoms. The molecule has 32 heavy (non-hydrogen) atoms. The number of rotatable bonds is 8. The van der Waals surface area contributed by atoms with E-state index in [0.717, 1.165) is 22.1 Å². The number of nitrogens with zero attached hydrogens (tertiary/aromatic N) is 5. The Kier molecular flexibility index (Phi) is 6.41. The number of carbonyl (C=O) groups excluding carboxylic acids is 1. The summed E-state index contributed by atoms with van der Waals surface area (Å²) in [5, 5.41) is 13.9. The number of methoxy groups -OCH3 is 2. The normalized spacial score (nSPS) is 10.7. The molecule has 9 nitrogen and oxygen atoms in total. The fourth-order valence-electron chi connectivity index (χ4n) is 3.11. The summed E-state index contributed by atoms with van der Waals surface area (Å²) in [5.74, 6) is 2.46. The molecule has 0 aliphatic carbocycles. The number of ether oxygens (including phenoxy) is 2. The van der Waals surface area contributed by atoms with Gasteiger partial charge in [0, 0.05) is 36.3 Å². The molecule has 0 bridgehead atoms. The van der Waals surface area contributed by atoms with E-state index >= 15 is 0 Å². The molecule has 0 saturated carbocycles. The van der Waals surface area contributed by atoms with Crippen LogP contribution in [0.4, 0.5) is 0 Å². The van der Waals surface area contributed by atoms with Crippen molar-refractivity contribution in [3.8, 4) is 27.9 Å². The minimum Gasteiger partial charge on any atom is -0.493 e. The smallest absolute Gasteiger partial charge is 0.271 e. The Balaban J connectivity index is 1.34. The van der Waals surface area contributed by atoms with E-state index in [4.69, 9.17) is 9.47 Å². The van der Waals surface area contributed by atoms with Gasteiger partial charge in [-0.25, -0.2) is 9.97 Å². The summed E-state index contributed by atoms with van der Waals surface area (Å²) in [5.41, 5.74) is 2.11. The molecule has 3 heterocycles. The largest absolute Gasteiger partial charge is 0.493 e. The van der Waals surface area contributed by atoms with E-state index in [-0.39, 0.29) is 11.6 Å². The summed E-state index contributed by atoms with van der Waals surface area (Å²) in [7, 11) is 3.21. The number of thiazole rings is 1. The third-order valence-corrected chi connectivity index (χ3v) is 5.74. The third-order valence-electron chi connectivity index (χ3n) is 4.80. The maximum atomic E-state index is 12.4. The fourth-order valence-corrected chi connectivity index (χ4v) is 3.96. The SMILES string of the molecule is COc1ccc(-c2nc(CCNC(=O)c3ccc(-n4ccnc4C)nn3)cs2)cc1OC. The Morgan fingerprint density at radius 2 is 1.97 bits per heavy atom. The highest BCUT2D eigenvalue weighted by atomic mass is 32.1. The van der Waals surface area contributed by atoms with E-state index in [1.54, 1.807) is 54.6 Å². The second-order valence-electron chi connectivity index (χ2n) is 6.84. The number of amides is 1. The summed E-state index contributed by atoms with van der Waals surface area (Å²) in [6.45, 7) is 2.31. The number of hydrogen-bond donors (Lipinski definition) is 1. The topological polar surface area (TPSA) is 104 Å². The Morgan fingerprint density at radius 1 is 1.12 bits per heavy atom. The van der Waals surface area contributed by atoms with E-state index in [2.05, 4.69) is 25.5 Å². The average molecular weight is 451 g/mol. The molecule has 164 valence electrons. The van der Waals surface area contributed by atoms with Crippen LogP contribution in [-0.4, -0.2) is 51.4 Å². The van der Waals surface area contributed by atoms with Crippen LogP contribution in [-0.2, 0) is 6.42 Å². The minimum atomic E-state index is -0.276. The van der Waals surface area contributed by atoms with Gasteiger partial charge in [0.05, 0.1) is 19.9 Å². The van der Waals surface area contributed by atoms with Gasteiger partial charge in [0.15, 0.2) is 23.0 Å². The van der Waals surface area contributed by atoms with Crippen LogP contribution in [0.15, 0.2) is 48.1 Å². The lowest BCUT2D eigenvalue weighted by atomic mass is 10.2. The van der Waals surface area contributed by atoms with E-state index < -0.39 is 0 Å². The molecule has 3 aromatic heterocycles. The van der Waals surface area contributed by atoms with Crippen molar-refractivity contribution < 1.29 is 14.3 Å². The zero-order chi connectivity index (χ0) is 22.5. The highest BCUT2D eigenvalue weighted by molar-refractivity contribution is 7.13. The van der Waals surface area contributed by atoms with Gasteiger partial charge in [-0.1, -0.05) is 0 Å². The lowest BCUT2D eigenvalue weighted by molar-refractivity contribution is 0.0948. The van der Waals surface area contributed by atoms with Crippen molar-refractivity contribution >= 4 is 17.2 Å². The Hall–Kier alpha value is -3.79. The highest BCUT2D eigenvalue weighted by Crippen LogP contribution is 2.33. The molecule has 1 aromatic carbocycles. The number of benzene rings is 1. The number of imidazole rings is 1. The van der Waals surface area contributed by atoms with Crippen LogP contribution in [0.3, 0.4) is 0 Å². The van der Waals surface area contributed by atoms with Gasteiger partial charge in [-0.3, -0.25) is 9.36 Å². The molecule has 0 radical (unpaired) electrons. The van der Waals surface area contributed by atoms with Gasteiger partial charge in [-0.05, 0) is 37.3 Å². The van der Waals surface area contributed by atoms with Gasteiger partial charge in [0.2, 0.25) is 0 Å². The third kappa shape index (κ3) is 4.59. The summed E-state index contributed by atoms with van der Waals surface area (Å²) in [6.07, 6.45) is 4.09. The first-order valence-corrected chi connectivity index (χ1v) is 10.8. The average Bonchev–Trinajstić information content (AvgIpc) is 3.47. The zero-order valence-corrected chi connectivity index (χ0v) is 18.7. The first-order valence-electron chi connectivity index (χ1n) is 9.88. The Morgan fingerprint density at radius 3 is 2.66 bits per heavy atom. The van der Waals surface area contributed by atoms with Crippen LogP contribution in [0.5, 0.6) is 11.5 Å². The van der Waals surface area contributed by atoms with E-state index in [0.29, 0.717) is 30.3 Å². The lowest BCUT2D eigenvalue weighted by Gasteiger charge is -2.08. The van der Waals surface area contributed by atoms with E-state index in [1.807, 2.05) is 30.5 Å². The van der Waals surface area contributed by atoms with Crippen LogP contribution >= 0.6 is 11.3 Å². The molecule has 1 amide bonds. The lowest BCUT2D eigenvalue weighted by Crippen LogP contribution is -2.27. The Labute approximate surface area is 189 Å². The van der Waals surface area contributed by atoms with Crippen LogP contribution in [0.2, 0.25) is 0 Å².